The van der Waals surface area contributed by atoms with Crippen molar-refractivity contribution in [1.82, 2.24) is 15.0 Å². The number of fused-ring (bicyclic) bond motifs is 1. The summed E-state index contributed by atoms with van der Waals surface area (Å²) in [6.07, 6.45) is 1.81. The molecule has 3 heterocycles. The number of aromatic nitrogens is 2. The summed E-state index contributed by atoms with van der Waals surface area (Å²) in [5, 5.41) is 5.92. The fraction of sp³-hybridized carbons (Fsp3) is 0.316. The van der Waals surface area contributed by atoms with Crippen LogP contribution in [0.2, 0.25) is 0 Å². The van der Waals surface area contributed by atoms with Gasteiger partial charge in [-0.1, -0.05) is 23.4 Å². The van der Waals surface area contributed by atoms with Gasteiger partial charge >= 0.3 is 0 Å². The molecule has 0 spiro atoms. The van der Waals surface area contributed by atoms with Crippen molar-refractivity contribution >= 4 is 16.7 Å². The maximum absolute atomic E-state index is 13.1. The summed E-state index contributed by atoms with van der Waals surface area (Å²) in [7, 11) is 1.57. The minimum absolute atomic E-state index is 0.0655. The molecule has 1 saturated heterocycles. The van der Waals surface area contributed by atoms with Crippen LogP contribution in [0.4, 0.5) is 0 Å². The van der Waals surface area contributed by atoms with Crippen LogP contribution in [-0.2, 0) is 0 Å². The Labute approximate surface area is 145 Å². The lowest BCUT2D eigenvalue weighted by molar-refractivity contribution is 0.0724. The Morgan fingerprint density at radius 2 is 2.16 bits per heavy atom. The fourth-order valence-corrected chi connectivity index (χ4v) is 3.44. The molecule has 1 fully saturated rings. The Bertz CT molecular complexity index is 935. The highest BCUT2D eigenvalue weighted by atomic mass is 16.5. The molecule has 25 heavy (non-hydrogen) atoms. The number of methoxy groups -OCH3 is 1. The molecule has 0 aliphatic carbocycles. The maximum atomic E-state index is 13.1. The monoisotopic (exact) mass is 337 g/mol. The van der Waals surface area contributed by atoms with Gasteiger partial charge in [0.25, 0.3) is 5.91 Å². The summed E-state index contributed by atoms with van der Waals surface area (Å²) in [4.78, 5) is 19.4. The van der Waals surface area contributed by atoms with Crippen LogP contribution in [0.1, 0.15) is 40.8 Å². The van der Waals surface area contributed by atoms with Crippen LogP contribution in [0.25, 0.3) is 10.8 Å². The molecule has 6 heteroatoms. The Balaban J connectivity index is 1.71. The smallest absolute Gasteiger partial charge is 0.273 e. The third-order valence-electron chi connectivity index (χ3n) is 4.62. The van der Waals surface area contributed by atoms with Crippen molar-refractivity contribution in [3.63, 3.8) is 0 Å². The van der Waals surface area contributed by atoms with Gasteiger partial charge in [-0.05, 0) is 37.3 Å². The second-order valence-corrected chi connectivity index (χ2v) is 6.26. The molecule has 1 aromatic carbocycles. The van der Waals surface area contributed by atoms with E-state index in [1.54, 1.807) is 7.11 Å². The van der Waals surface area contributed by atoms with E-state index in [0.717, 1.165) is 35.1 Å². The van der Waals surface area contributed by atoms with Crippen LogP contribution in [0.3, 0.4) is 0 Å². The van der Waals surface area contributed by atoms with Crippen molar-refractivity contribution in [1.29, 1.82) is 0 Å². The van der Waals surface area contributed by atoms with Crippen molar-refractivity contribution < 1.29 is 14.1 Å². The summed E-state index contributed by atoms with van der Waals surface area (Å²) in [6, 6.07) is 11.4. The molecular weight excluding hydrogens is 318 g/mol. The fourth-order valence-electron chi connectivity index (χ4n) is 3.44. The predicted octanol–water partition coefficient (Wildman–Crippen LogP) is 3.52. The molecule has 1 amide bonds. The highest BCUT2D eigenvalue weighted by Gasteiger charge is 2.33. The van der Waals surface area contributed by atoms with Gasteiger partial charge in [-0.25, -0.2) is 4.98 Å². The molecule has 128 valence electrons. The lowest BCUT2D eigenvalue weighted by Crippen LogP contribution is -2.31. The van der Waals surface area contributed by atoms with Crippen LogP contribution >= 0.6 is 0 Å². The highest BCUT2D eigenvalue weighted by Crippen LogP contribution is 2.33. The van der Waals surface area contributed by atoms with Gasteiger partial charge in [0.2, 0.25) is 5.88 Å². The predicted molar refractivity (Wildman–Crippen MR) is 92.5 cm³/mol. The number of nitrogens with zero attached hydrogens (tertiary/aromatic N) is 3. The molecule has 0 saturated carbocycles. The van der Waals surface area contributed by atoms with Gasteiger partial charge in [-0.2, -0.15) is 0 Å². The Morgan fingerprint density at radius 1 is 1.32 bits per heavy atom. The summed E-state index contributed by atoms with van der Waals surface area (Å²) in [5.74, 6) is 1.11. The molecular formula is C19H19N3O3. The summed E-state index contributed by atoms with van der Waals surface area (Å²) < 4.78 is 10.6. The van der Waals surface area contributed by atoms with Gasteiger partial charge in [-0.3, -0.25) is 4.79 Å². The minimum atomic E-state index is -0.104. The molecule has 1 aliphatic heterocycles. The SMILES string of the molecule is COc1nc(C(=O)N2CCC[C@H]2c2cc(C)on2)cc2ccccc12. The van der Waals surface area contributed by atoms with Crippen LogP contribution in [-0.4, -0.2) is 34.6 Å². The van der Waals surface area contributed by atoms with Crippen LogP contribution in [0.15, 0.2) is 40.9 Å². The number of carbonyl (C=O) groups excluding carboxylic acids is 1. The van der Waals surface area contributed by atoms with Crippen molar-refractivity contribution in [2.75, 3.05) is 13.7 Å². The average Bonchev–Trinajstić information content (AvgIpc) is 3.28. The first kappa shape index (κ1) is 15.6. The molecule has 0 bridgehead atoms. The zero-order valence-corrected chi connectivity index (χ0v) is 14.2. The largest absolute Gasteiger partial charge is 0.481 e. The van der Waals surface area contributed by atoms with Crippen molar-refractivity contribution in [3.05, 3.63) is 53.5 Å². The van der Waals surface area contributed by atoms with E-state index in [2.05, 4.69) is 10.1 Å². The van der Waals surface area contributed by atoms with E-state index in [0.29, 0.717) is 18.1 Å². The zero-order valence-electron chi connectivity index (χ0n) is 14.2. The summed E-state index contributed by atoms with van der Waals surface area (Å²) in [5.41, 5.74) is 1.19. The van der Waals surface area contributed by atoms with Crippen LogP contribution in [0, 0.1) is 6.92 Å². The minimum Gasteiger partial charge on any atom is -0.481 e. The summed E-state index contributed by atoms with van der Waals surface area (Å²) in [6.45, 7) is 2.54. The van der Waals surface area contributed by atoms with E-state index in [9.17, 15) is 4.79 Å². The van der Waals surface area contributed by atoms with Gasteiger partial charge < -0.3 is 14.2 Å². The average molecular weight is 337 g/mol. The molecule has 0 radical (unpaired) electrons. The number of ether oxygens (including phenoxy) is 1. The number of benzene rings is 1. The highest BCUT2D eigenvalue weighted by molar-refractivity contribution is 5.98. The topological polar surface area (TPSA) is 68.5 Å². The lowest BCUT2D eigenvalue weighted by Gasteiger charge is -2.23. The van der Waals surface area contributed by atoms with Crippen molar-refractivity contribution in [3.8, 4) is 5.88 Å². The van der Waals surface area contributed by atoms with E-state index in [-0.39, 0.29) is 11.9 Å². The van der Waals surface area contributed by atoms with Crippen LogP contribution in [0.5, 0.6) is 5.88 Å². The van der Waals surface area contributed by atoms with E-state index >= 15 is 0 Å². The number of hydrogen-bond donors (Lipinski definition) is 0. The first-order valence-electron chi connectivity index (χ1n) is 8.35. The summed E-state index contributed by atoms with van der Waals surface area (Å²) >= 11 is 0. The lowest BCUT2D eigenvalue weighted by atomic mass is 10.1. The number of aryl methyl sites for hydroxylation is 1. The number of hydrogen-bond acceptors (Lipinski definition) is 5. The third kappa shape index (κ3) is 2.73. The molecule has 4 rings (SSSR count). The third-order valence-corrected chi connectivity index (χ3v) is 4.62. The number of pyridine rings is 1. The Morgan fingerprint density at radius 3 is 2.92 bits per heavy atom. The van der Waals surface area contributed by atoms with Gasteiger partial charge in [0, 0.05) is 18.0 Å². The van der Waals surface area contributed by atoms with Gasteiger partial charge in [0.05, 0.1) is 13.2 Å². The Kier molecular flexibility index (Phi) is 3.87. The number of amides is 1. The molecule has 1 atom stereocenters. The van der Waals surface area contributed by atoms with Gasteiger partial charge in [0.1, 0.15) is 17.1 Å². The van der Waals surface area contributed by atoms with E-state index < -0.39 is 0 Å². The first-order chi connectivity index (χ1) is 12.2. The first-order valence-corrected chi connectivity index (χ1v) is 8.35. The molecule has 0 unspecified atom stereocenters. The number of carbonyl (C=O) groups is 1. The van der Waals surface area contributed by atoms with E-state index in [1.807, 2.05) is 48.2 Å². The normalized spacial score (nSPS) is 17.2. The quantitative estimate of drug-likeness (QED) is 0.731. The second kappa shape index (κ2) is 6.20. The molecule has 1 aliphatic rings. The number of likely N-dealkylation sites (tertiary alicyclic amines) is 1. The van der Waals surface area contributed by atoms with Gasteiger partial charge in [0.15, 0.2) is 0 Å². The van der Waals surface area contributed by atoms with Crippen molar-refractivity contribution in [2.24, 2.45) is 0 Å². The van der Waals surface area contributed by atoms with Gasteiger partial charge in [-0.15, -0.1) is 0 Å². The molecule has 6 nitrogen and oxygen atoms in total. The van der Waals surface area contributed by atoms with E-state index in [1.165, 1.54) is 0 Å². The van der Waals surface area contributed by atoms with Crippen molar-refractivity contribution in [2.45, 2.75) is 25.8 Å². The molecule has 2 aromatic heterocycles. The van der Waals surface area contributed by atoms with Crippen LogP contribution < -0.4 is 4.74 Å². The molecule has 0 N–H and O–H groups in total. The second-order valence-electron chi connectivity index (χ2n) is 6.26. The maximum Gasteiger partial charge on any atom is 0.273 e. The number of rotatable bonds is 3. The zero-order chi connectivity index (χ0) is 17.4. The Hall–Kier alpha value is -2.89. The molecule has 3 aromatic rings. The van der Waals surface area contributed by atoms with E-state index in [4.69, 9.17) is 9.26 Å². The standard InChI is InChI=1S/C19H19N3O3/c1-12-10-15(21-25-12)17-8-5-9-22(17)19(23)16-11-13-6-3-4-7-14(13)18(20-16)24-2/h3-4,6-7,10-11,17H,5,8-9H2,1-2H3/t17-/m0/s1.